The van der Waals surface area contributed by atoms with Crippen LogP contribution in [-0.2, 0) is 9.53 Å². The standard InChI is InChI=1S/C7H16N2O2/c1-3-4-5-11-6-7(10)9(2)8/h3-6,8H2,1-2H3. The van der Waals surface area contributed by atoms with Crippen LogP contribution in [0.25, 0.3) is 0 Å². The zero-order valence-electron chi connectivity index (χ0n) is 7.17. The summed E-state index contributed by atoms with van der Waals surface area (Å²) in [5, 5.41) is 1.03. The Morgan fingerprint density at radius 2 is 2.27 bits per heavy atom. The van der Waals surface area contributed by atoms with Gasteiger partial charge in [0.25, 0.3) is 5.91 Å². The number of amides is 1. The van der Waals surface area contributed by atoms with Crippen molar-refractivity contribution in [2.24, 2.45) is 5.84 Å². The average molecular weight is 160 g/mol. The summed E-state index contributed by atoms with van der Waals surface area (Å²) in [4.78, 5) is 10.8. The smallest absolute Gasteiger partial charge is 0.262 e. The van der Waals surface area contributed by atoms with Crippen molar-refractivity contribution < 1.29 is 9.53 Å². The van der Waals surface area contributed by atoms with Crippen molar-refractivity contribution in [2.45, 2.75) is 19.8 Å². The Balaban J connectivity index is 3.18. The van der Waals surface area contributed by atoms with E-state index in [4.69, 9.17) is 10.6 Å². The molecule has 2 N–H and O–H groups in total. The quantitative estimate of drug-likeness (QED) is 0.269. The van der Waals surface area contributed by atoms with E-state index in [1.807, 2.05) is 0 Å². The molecule has 0 aromatic carbocycles. The normalized spacial score (nSPS) is 9.73. The van der Waals surface area contributed by atoms with Crippen LogP contribution in [0.5, 0.6) is 0 Å². The highest BCUT2D eigenvalue weighted by Gasteiger charge is 2.02. The lowest BCUT2D eigenvalue weighted by Gasteiger charge is -2.09. The molecule has 0 spiro atoms. The summed E-state index contributed by atoms with van der Waals surface area (Å²) in [6.07, 6.45) is 2.06. The van der Waals surface area contributed by atoms with Gasteiger partial charge in [-0.2, -0.15) is 0 Å². The van der Waals surface area contributed by atoms with Crippen LogP contribution < -0.4 is 5.84 Å². The number of carbonyl (C=O) groups is 1. The van der Waals surface area contributed by atoms with Crippen LogP contribution >= 0.6 is 0 Å². The maximum Gasteiger partial charge on any atom is 0.262 e. The highest BCUT2D eigenvalue weighted by Crippen LogP contribution is 1.87. The summed E-state index contributed by atoms with van der Waals surface area (Å²) in [5.74, 6) is 4.96. The van der Waals surface area contributed by atoms with Crippen molar-refractivity contribution in [3.05, 3.63) is 0 Å². The molecule has 0 atom stereocenters. The maximum absolute atomic E-state index is 10.8. The third-order valence-electron chi connectivity index (χ3n) is 1.26. The number of likely N-dealkylation sites (N-methyl/N-ethyl adjacent to an activating group) is 1. The minimum absolute atomic E-state index is 0.0903. The Morgan fingerprint density at radius 1 is 1.64 bits per heavy atom. The van der Waals surface area contributed by atoms with Crippen LogP contribution in [-0.4, -0.2) is 31.2 Å². The van der Waals surface area contributed by atoms with E-state index in [-0.39, 0.29) is 12.5 Å². The molecule has 0 radical (unpaired) electrons. The van der Waals surface area contributed by atoms with Gasteiger partial charge in [-0.15, -0.1) is 0 Å². The number of rotatable bonds is 5. The fourth-order valence-corrected chi connectivity index (χ4v) is 0.508. The van der Waals surface area contributed by atoms with E-state index in [2.05, 4.69) is 6.92 Å². The van der Waals surface area contributed by atoms with Gasteiger partial charge < -0.3 is 4.74 Å². The van der Waals surface area contributed by atoms with Gasteiger partial charge in [-0.05, 0) is 6.42 Å². The average Bonchev–Trinajstić information content (AvgIpc) is 1.97. The second-order valence-corrected chi connectivity index (χ2v) is 2.41. The monoisotopic (exact) mass is 160 g/mol. The number of nitrogens with two attached hydrogens (primary N) is 1. The van der Waals surface area contributed by atoms with Crippen LogP contribution in [0, 0.1) is 0 Å². The van der Waals surface area contributed by atoms with Gasteiger partial charge in [-0.3, -0.25) is 9.80 Å². The first-order valence-corrected chi connectivity index (χ1v) is 3.77. The molecule has 0 aromatic rings. The Hall–Kier alpha value is -0.610. The predicted molar refractivity (Wildman–Crippen MR) is 42.7 cm³/mol. The zero-order valence-corrected chi connectivity index (χ0v) is 7.17. The molecule has 0 unspecified atom stereocenters. The van der Waals surface area contributed by atoms with Gasteiger partial charge in [0.2, 0.25) is 0 Å². The summed E-state index contributed by atoms with van der Waals surface area (Å²) in [5.41, 5.74) is 0. The van der Waals surface area contributed by atoms with Crippen molar-refractivity contribution >= 4 is 5.91 Å². The molecule has 0 aliphatic carbocycles. The zero-order chi connectivity index (χ0) is 8.69. The fraction of sp³-hybridized carbons (Fsp3) is 0.857. The Labute approximate surface area is 67.3 Å². The molecule has 0 fully saturated rings. The van der Waals surface area contributed by atoms with Crippen molar-refractivity contribution in [3.8, 4) is 0 Å². The molecule has 4 nitrogen and oxygen atoms in total. The number of unbranched alkanes of at least 4 members (excludes halogenated alkanes) is 1. The molecule has 0 rings (SSSR count). The molecule has 0 aliphatic heterocycles. The minimum Gasteiger partial charge on any atom is -0.372 e. The summed E-state index contributed by atoms with van der Waals surface area (Å²) in [6, 6.07) is 0. The van der Waals surface area contributed by atoms with E-state index in [0.717, 1.165) is 17.9 Å². The molecule has 0 saturated heterocycles. The van der Waals surface area contributed by atoms with E-state index in [1.165, 1.54) is 7.05 Å². The number of hydrogen-bond acceptors (Lipinski definition) is 3. The number of ether oxygens (including phenoxy) is 1. The molecule has 1 amide bonds. The lowest BCUT2D eigenvalue weighted by atomic mass is 10.4. The molecule has 4 heteroatoms. The first-order chi connectivity index (χ1) is 5.18. The molecule has 11 heavy (non-hydrogen) atoms. The molecule has 0 bridgehead atoms. The van der Waals surface area contributed by atoms with Crippen LogP contribution in [0.15, 0.2) is 0 Å². The fourth-order valence-electron chi connectivity index (χ4n) is 0.508. The lowest BCUT2D eigenvalue weighted by Crippen LogP contribution is -2.36. The van der Waals surface area contributed by atoms with Crippen LogP contribution in [0.1, 0.15) is 19.8 Å². The molecule has 0 aromatic heterocycles. The molecule has 0 heterocycles. The molecular formula is C7H16N2O2. The largest absolute Gasteiger partial charge is 0.372 e. The molecule has 0 aliphatic rings. The lowest BCUT2D eigenvalue weighted by molar-refractivity contribution is -0.135. The Bertz CT molecular complexity index is 115. The van der Waals surface area contributed by atoms with Crippen molar-refractivity contribution in [1.29, 1.82) is 0 Å². The summed E-state index contributed by atoms with van der Waals surface area (Å²) in [6.45, 7) is 2.79. The highest BCUT2D eigenvalue weighted by atomic mass is 16.5. The summed E-state index contributed by atoms with van der Waals surface area (Å²) < 4.78 is 5.03. The van der Waals surface area contributed by atoms with Crippen molar-refractivity contribution in [3.63, 3.8) is 0 Å². The highest BCUT2D eigenvalue weighted by molar-refractivity contribution is 5.76. The van der Waals surface area contributed by atoms with E-state index in [1.54, 1.807) is 0 Å². The van der Waals surface area contributed by atoms with E-state index in [9.17, 15) is 4.79 Å². The van der Waals surface area contributed by atoms with Gasteiger partial charge in [-0.1, -0.05) is 13.3 Å². The van der Waals surface area contributed by atoms with Crippen LogP contribution in [0.3, 0.4) is 0 Å². The minimum atomic E-state index is -0.193. The second-order valence-electron chi connectivity index (χ2n) is 2.41. The second kappa shape index (κ2) is 6.12. The van der Waals surface area contributed by atoms with Gasteiger partial charge in [0, 0.05) is 13.7 Å². The topological polar surface area (TPSA) is 55.6 Å². The molecular weight excluding hydrogens is 144 g/mol. The van der Waals surface area contributed by atoms with Crippen molar-refractivity contribution in [2.75, 3.05) is 20.3 Å². The first kappa shape index (κ1) is 10.4. The van der Waals surface area contributed by atoms with Gasteiger partial charge in [0.05, 0.1) is 0 Å². The van der Waals surface area contributed by atoms with Crippen LogP contribution in [0.2, 0.25) is 0 Å². The molecule has 0 saturated carbocycles. The van der Waals surface area contributed by atoms with Crippen molar-refractivity contribution in [1.82, 2.24) is 5.01 Å². The first-order valence-electron chi connectivity index (χ1n) is 3.77. The number of hydrogen-bond donors (Lipinski definition) is 1. The number of nitrogens with zero attached hydrogens (tertiary/aromatic N) is 1. The van der Waals surface area contributed by atoms with Gasteiger partial charge in [0.1, 0.15) is 6.61 Å². The SMILES string of the molecule is CCCCOCC(=O)N(C)N. The van der Waals surface area contributed by atoms with E-state index < -0.39 is 0 Å². The predicted octanol–water partition coefficient (Wildman–Crippen LogP) is 0.135. The van der Waals surface area contributed by atoms with Gasteiger partial charge >= 0.3 is 0 Å². The van der Waals surface area contributed by atoms with E-state index >= 15 is 0 Å². The van der Waals surface area contributed by atoms with Crippen LogP contribution in [0.4, 0.5) is 0 Å². The number of carbonyl (C=O) groups excluding carboxylic acids is 1. The third-order valence-corrected chi connectivity index (χ3v) is 1.26. The third kappa shape index (κ3) is 5.82. The summed E-state index contributed by atoms with van der Waals surface area (Å²) in [7, 11) is 1.51. The maximum atomic E-state index is 10.8. The Morgan fingerprint density at radius 3 is 2.73 bits per heavy atom. The number of hydrazine groups is 1. The Kier molecular flexibility index (Phi) is 5.78. The summed E-state index contributed by atoms with van der Waals surface area (Å²) >= 11 is 0. The molecule has 66 valence electrons. The van der Waals surface area contributed by atoms with E-state index in [0.29, 0.717) is 6.61 Å². The van der Waals surface area contributed by atoms with Gasteiger partial charge in [-0.25, -0.2) is 5.84 Å². The van der Waals surface area contributed by atoms with Gasteiger partial charge in [0.15, 0.2) is 0 Å².